The van der Waals surface area contributed by atoms with E-state index in [4.69, 9.17) is 0 Å². The number of hydrogen-bond acceptors (Lipinski definition) is 6. The molecule has 2 unspecified atom stereocenters. The van der Waals surface area contributed by atoms with Crippen LogP contribution in [0.1, 0.15) is 25.1 Å². The maximum Gasteiger partial charge on any atom is 0.237 e. The Bertz CT molecular complexity index is 1260. The fourth-order valence-corrected chi connectivity index (χ4v) is 6.50. The third-order valence-electron chi connectivity index (χ3n) is 5.58. The van der Waals surface area contributed by atoms with Gasteiger partial charge in [-0.1, -0.05) is 66.4 Å². The second kappa shape index (κ2) is 9.93. The summed E-state index contributed by atoms with van der Waals surface area (Å²) in [6.45, 7) is 6.07. The average Bonchev–Trinajstić information content (AvgIpc) is 3.37. The van der Waals surface area contributed by atoms with Crippen molar-refractivity contribution in [2.75, 3.05) is 16.8 Å². The molecule has 2 aromatic carbocycles. The number of amides is 1. The Hall–Kier alpha value is -2.91. The number of nitrogens with zero attached hydrogens (tertiary/aromatic N) is 3. The van der Waals surface area contributed by atoms with Gasteiger partial charge in [-0.2, -0.15) is 0 Å². The molecule has 0 radical (unpaired) electrons. The number of nitrogens with one attached hydrogen (secondary N) is 1. The van der Waals surface area contributed by atoms with E-state index in [1.54, 1.807) is 6.08 Å². The number of benzene rings is 2. The lowest BCUT2D eigenvalue weighted by Gasteiger charge is -2.16. The normalized spacial score (nSPS) is 18.0. The van der Waals surface area contributed by atoms with Gasteiger partial charge in [0.1, 0.15) is 5.82 Å². The van der Waals surface area contributed by atoms with Gasteiger partial charge in [-0.3, -0.25) is 4.79 Å². The zero-order valence-electron chi connectivity index (χ0n) is 18.3. The van der Waals surface area contributed by atoms with Crippen LogP contribution >= 0.6 is 11.8 Å². The summed E-state index contributed by atoms with van der Waals surface area (Å²) in [4.78, 5) is 13.0. The van der Waals surface area contributed by atoms with Gasteiger partial charge in [-0.05, 0) is 25.0 Å². The average molecular weight is 483 g/mol. The van der Waals surface area contributed by atoms with Crippen LogP contribution in [0.4, 0.5) is 5.69 Å². The van der Waals surface area contributed by atoms with Crippen LogP contribution in [0, 0.1) is 0 Å². The van der Waals surface area contributed by atoms with E-state index in [2.05, 4.69) is 22.1 Å². The minimum absolute atomic E-state index is 0.0826. The molecule has 0 aliphatic carbocycles. The summed E-state index contributed by atoms with van der Waals surface area (Å²) in [5.74, 6) is 0.556. The number of sulfone groups is 1. The van der Waals surface area contributed by atoms with E-state index >= 15 is 0 Å². The lowest BCUT2D eigenvalue weighted by Crippen LogP contribution is -2.23. The SMILES string of the molecule is C=CCn1c(SC(C)C(=O)Nc2ccccc2-c2ccccc2)nnc1C1CCS(=O)(=O)C1. The van der Waals surface area contributed by atoms with Gasteiger partial charge in [-0.25, -0.2) is 8.42 Å². The number of thioether (sulfide) groups is 1. The van der Waals surface area contributed by atoms with E-state index < -0.39 is 15.1 Å². The van der Waals surface area contributed by atoms with E-state index in [1.165, 1.54) is 11.8 Å². The molecule has 0 bridgehead atoms. The monoisotopic (exact) mass is 482 g/mol. The van der Waals surface area contributed by atoms with Crippen molar-refractivity contribution in [3.63, 3.8) is 0 Å². The van der Waals surface area contributed by atoms with Crippen LogP contribution in [0.2, 0.25) is 0 Å². The van der Waals surface area contributed by atoms with Crippen molar-refractivity contribution in [2.45, 2.75) is 36.2 Å². The molecule has 4 rings (SSSR count). The molecule has 2 atom stereocenters. The van der Waals surface area contributed by atoms with Gasteiger partial charge < -0.3 is 9.88 Å². The summed E-state index contributed by atoms with van der Waals surface area (Å²) in [5.41, 5.74) is 2.71. The lowest BCUT2D eigenvalue weighted by molar-refractivity contribution is -0.115. The summed E-state index contributed by atoms with van der Waals surface area (Å²) < 4.78 is 25.7. The molecular weight excluding hydrogens is 456 g/mol. The van der Waals surface area contributed by atoms with Crippen molar-refractivity contribution in [1.29, 1.82) is 0 Å². The van der Waals surface area contributed by atoms with E-state index in [-0.39, 0.29) is 23.3 Å². The first kappa shape index (κ1) is 23.3. The molecule has 172 valence electrons. The molecular formula is C24H26N4O3S2. The first-order valence-corrected chi connectivity index (χ1v) is 13.4. The topological polar surface area (TPSA) is 93.9 Å². The molecule has 1 amide bonds. The Balaban J connectivity index is 1.51. The van der Waals surface area contributed by atoms with Crippen molar-refractivity contribution >= 4 is 33.2 Å². The van der Waals surface area contributed by atoms with Crippen LogP contribution < -0.4 is 5.32 Å². The number of allylic oxidation sites excluding steroid dienone is 1. The number of carbonyl (C=O) groups excluding carboxylic acids is 1. The summed E-state index contributed by atoms with van der Waals surface area (Å²) in [5, 5.41) is 11.7. The highest BCUT2D eigenvalue weighted by molar-refractivity contribution is 8.00. The molecule has 1 saturated heterocycles. The van der Waals surface area contributed by atoms with E-state index in [0.29, 0.717) is 23.9 Å². The highest BCUT2D eigenvalue weighted by Gasteiger charge is 2.33. The molecule has 9 heteroatoms. The Labute approximate surface area is 198 Å². The third-order valence-corrected chi connectivity index (χ3v) is 8.42. The van der Waals surface area contributed by atoms with Crippen molar-refractivity contribution in [3.05, 3.63) is 73.1 Å². The van der Waals surface area contributed by atoms with Crippen LogP contribution in [-0.2, 0) is 21.2 Å². The maximum absolute atomic E-state index is 13.0. The molecule has 0 saturated carbocycles. The Morgan fingerprint density at radius 1 is 1.21 bits per heavy atom. The van der Waals surface area contributed by atoms with Gasteiger partial charge >= 0.3 is 0 Å². The van der Waals surface area contributed by atoms with Gasteiger partial charge in [0, 0.05) is 23.7 Å². The number of para-hydroxylation sites is 1. The van der Waals surface area contributed by atoms with Crippen molar-refractivity contribution in [3.8, 4) is 11.1 Å². The predicted molar refractivity (Wildman–Crippen MR) is 132 cm³/mol. The van der Waals surface area contributed by atoms with Crippen LogP contribution in [0.15, 0.2) is 72.4 Å². The molecule has 3 aromatic rings. The van der Waals surface area contributed by atoms with Crippen LogP contribution in [0.5, 0.6) is 0 Å². The fourth-order valence-electron chi connectivity index (χ4n) is 3.90. The van der Waals surface area contributed by atoms with E-state index in [0.717, 1.165) is 16.8 Å². The molecule has 1 N–H and O–H groups in total. The number of hydrogen-bond donors (Lipinski definition) is 1. The number of rotatable bonds is 8. The Kier molecular flexibility index (Phi) is 6.99. The Morgan fingerprint density at radius 3 is 2.64 bits per heavy atom. The molecule has 1 fully saturated rings. The maximum atomic E-state index is 13.0. The summed E-state index contributed by atoms with van der Waals surface area (Å²) in [6, 6.07) is 17.6. The van der Waals surface area contributed by atoms with Crippen LogP contribution in [0.25, 0.3) is 11.1 Å². The second-order valence-electron chi connectivity index (χ2n) is 8.00. The standard InChI is InChI=1S/C24H26N4O3S2/c1-3-14-28-22(19-13-15-33(30,31)16-19)26-27-24(28)32-17(2)23(29)25-21-12-8-7-11-20(21)18-9-5-4-6-10-18/h3-12,17,19H,1,13-16H2,2H3,(H,25,29). The van der Waals surface area contributed by atoms with Gasteiger partial charge in [0.2, 0.25) is 5.91 Å². The van der Waals surface area contributed by atoms with Crippen LogP contribution in [-0.4, -0.2) is 45.8 Å². The molecule has 33 heavy (non-hydrogen) atoms. The van der Waals surface area contributed by atoms with Crippen molar-refractivity contribution < 1.29 is 13.2 Å². The lowest BCUT2D eigenvalue weighted by atomic mass is 10.0. The van der Waals surface area contributed by atoms with Gasteiger partial charge in [0.15, 0.2) is 15.0 Å². The minimum atomic E-state index is -3.04. The molecule has 1 aliphatic rings. The van der Waals surface area contributed by atoms with E-state index in [9.17, 15) is 13.2 Å². The predicted octanol–water partition coefficient (Wildman–Crippen LogP) is 4.15. The first-order valence-electron chi connectivity index (χ1n) is 10.7. The molecule has 2 heterocycles. The smallest absolute Gasteiger partial charge is 0.237 e. The highest BCUT2D eigenvalue weighted by Crippen LogP contribution is 2.32. The van der Waals surface area contributed by atoms with Gasteiger partial charge in [0.25, 0.3) is 0 Å². The molecule has 1 aliphatic heterocycles. The summed E-state index contributed by atoms with van der Waals surface area (Å²) >= 11 is 1.30. The Morgan fingerprint density at radius 2 is 1.94 bits per heavy atom. The zero-order chi connectivity index (χ0) is 23.4. The van der Waals surface area contributed by atoms with Gasteiger partial charge in [0.05, 0.1) is 16.8 Å². The molecule has 0 spiro atoms. The molecule has 1 aromatic heterocycles. The van der Waals surface area contributed by atoms with E-state index in [1.807, 2.05) is 66.1 Å². The van der Waals surface area contributed by atoms with Gasteiger partial charge in [-0.15, -0.1) is 16.8 Å². The number of carbonyl (C=O) groups is 1. The highest BCUT2D eigenvalue weighted by atomic mass is 32.2. The summed E-state index contributed by atoms with van der Waals surface area (Å²) in [7, 11) is -3.04. The largest absolute Gasteiger partial charge is 0.325 e. The minimum Gasteiger partial charge on any atom is -0.325 e. The fraction of sp³-hybridized carbons (Fsp3) is 0.292. The molecule has 7 nitrogen and oxygen atoms in total. The third kappa shape index (κ3) is 5.36. The second-order valence-corrected chi connectivity index (χ2v) is 11.5. The first-order chi connectivity index (χ1) is 15.9. The number of aromatic nitrogens is 3. The van der Waals surface area contributed by atoms with Crippen molar-refractivity contribution in [2.24, 2.45) is 0 Å². The number of anilines is 1. The van der Waals surface area contributed by atoms with Crippen molar-refractivity contribution in [1.82, 2.24) is 14.8 Å². The van der Waals surface area contributed by atoms with Crippen LogP contribution in [0.3, 0.4) is 0 Å². The quantitative estimate of drug-likeness (QED) is 0.383. The zero-order valence-corrected chi connectivity index (χ0v) is 20.0. The summed E-state index contributed by atoms with van der Waals surface area (Å²) in [6.07, 6.45) is 2.26.